The van der Waals surface area contributed by atoms with E-state index in [-0.39, 0.29) is 6.04 Å². The molecule has 0 aromatic heterocycles. The van der Waals surface area contributed by atoms with Gasteiger partial charge in [-0.2, -0.15) is 13.2 Å². The summed E-state index contributed by atoms with van der Waals surface area (Å²) in [5, 5.41) is 3.24. The van der Waals surface area contributed by atoms with Gasteiger partial charge in [-0.05, 0) is 36.4 Å². The van der Waals surface area contributed by atoms with E-state index in [0.29, 0.717) is 6.61 Å². The normalized spacial score (nSPS) is 17.7. The second-order valence-electron chi connectivity index (χ2n) is 5.31. The van der Waals surface area contributed by atoms with Crippen LogP contribution in [0.5, 0.6) is 5.75 Å². The summed E-state index contributed by atoms with van der Waals surface area (Å²) in [5.41, 5.74) is 2.04. The van der Waals surface area contributed by atoms with E-state index in [0.717, 1.165) is 41.0 Å². The monoisotopic (exact) mass is 307 g/mol. The smallest absolute Gasteiger partial charge is 0.416 e. The van der Waals surface area contributed by atoms with Gasteiger partial charge in [-0.15, -0.1) is 0 Å². The molecule has 0 saturated carbocycles. The molecule has 2 aromatic carbocycles. The Morgan fingerprint density at radius 2 is 1.73 bits per heavy atom. The molecule has 0 spiro atoms. The van der Waals surface area contributed by atoms with Crippen molar-refractivity contribution < 1.29 is 17.9 Å². The molecule has 3 rings (SSSR count). The SMILES string of the molecule is CNC1CCOc2cc(-c3ccc(C(F)(F)F)cc3)ccc21. The van der Waals surface area contributed by atoms with Gasteiger partial charge < -0.3 is 10.1 Å². The van der Waals surface area contributed by atoms with Crippen LogP contribution < -0.4 is 10.1 Å². The van der Waals surface area contributed by atoms with Crippen molar-refractivity contribution in [3.63, 3.8) is 0 Å². The number of hydrogen-bond donors (Lipinski definition) is 1. The molecule has 0 saturated heterocycles. The maximum absolute atomic E-state index is 12.6. The van der Waals surface area contributed by atoms with Crippen LogP contribution >= 0.6 is 0 Å². The van der Waals surface area contributed by atoms with Crippen molar-refractivity contribution in [3.8, 4) is 16.9 Å². The average Bonchev–Trinajstić information content (AvgIpc) is 2.53. The molecule has 22 heavy (non-hydrogen) atoms. The summed E-state index contributed by atoms with van der Waals surface area (Å²) in [7, 11) is 1.91. The standard InChI is InChI=1S/C17H16F3NO/c1-21-15-8-9-22-16-10-12(4-7-14(15)16)11-2-5-13(6-3-11)17(18,19)20/h2-7,10,15,21H,8-9H2,1H3. The molecule has 0 fully saturated rings. The predicted octanol–water partition coefficient (Wildman–Crippen LogP) is 4.42. The molecule has 1 unspecified atom stereocenters. The summed E-state index contributed by atoms with van der Waals surface area (Å²) in [5.74, 6) is 0.794. The van der Waals surface area contributed by atoms with Crippen LogP contribution in [0.1, 0.15) is 23.6 Å². The Balaban J connectivity index is 1.93. The predicted molar refractivity (Wildman–Crippen MR) is 78.8 cm³/mol. The third-order valence-corrected chi connectivity index (χ3v) is 3.95. The van der Waals surface area contributed by atoms with Crippen molar-refractivity contribution in [2.24, 2.45) is 0 Å². The molecule has 1 atom stereocenters. The largest absolute Gasteiger partial charge is 0.493 e. The lowest BCUT2D eigenvalue weighted by Gasteiger charge is -2.26. The molecule has 2 nitrogen and oxygen atoms in total. The summed E-state index contributed by atoms with van der Waals surface area (Å²) >= 11 is 0. The molecule has 5 heteroatoms. The van der Waals surface area contributed by atoms with E-state index in [1.807, 2.05) is 25.2 Å². The van der Waals surface area contributed by atoms with Crippen LogP contribution in [-0.4, -0.2) is 13.7 Å². The van der Waals surface area contributed by atoms with E-state index >= 15 is 0 Å². The fourth-order valence-electron chi connectivity index (χ4n) is 2.72. The Hall–Kier alpha value is -2.01. The van der Waals surface area contributed by atoms with Gasteiger partial charge in [0.2, 0.25) is 0 Å². The minimum atomic E-state index is -4.31. The molecule has 0 radical (unpaired) electrons. The molecule has 1 N–H and O–H groups in total. The van der Waals surface area contributed by atoms with Crippen LogP contribution in [0.25, 0.3) is 11.1 Å². The van der Waals surface area contributed by atoms with Crippen LogP contribution in [0, 0.1) is 0 Å². The zero-order valence-corrected chi connectivity index (χ0v) is 12.1. The minimum Gasteiger partial charge on any atom is -0.493 e. The van der Waals surface area contributed by atoms with Gasteiger partial charge in [0.1, 0.15) is 5.75 Å². The van der Waals surface area contributed by atoms with Crippen LogP contribution in [0.4, 0.5) is 13.2 Å². The fourth-order valence-corrected chi connectivity index (χ4v) is 2.72. The van der Waals surface area contributed by atoms with Gasteiger partial charge in [-0.1, -0.05) is 24.3 Å². The molecule has 0 amide bonds. The molecule has 0 aliphatic carbocycles. The lowest BCUT2D eigenvalue weighted by Crippen LogP contribution is -2.23. The van der Waals surface area contributed by atoms with Crippen molar-refractivity contribution in [1.29, 1.82) is 0 Å². The van der Waals surface area contributed by atoms with E-state index < -0.39 is 11.7 Å². The summed E-state index contributed by atoms with van der Waals surface area (Å²) in [6.07, 6.45) is -3.40. The van der Waals surface area contributed by atoms with Crippen LogP contribution in [0.3, 0.4) is 0 Å². The number of benzene rings is 2. The van der Waals surface area contributed by atoms with Crippen molar-refractivity contribution in [1.82, 2.24) is 5.32 Å². The lowest BCUT2D eigenvalue weighted by molar-refractivity contribution is -0.137. The molecule has 1 aliphatic heterocycles. The van der Waals surface area contributed by atoms with Crippen molar-refractivity contribution >= 4 is 0 Å². The van der Waals surface area contributed by atoms with E-state index in [9.17, 15) is 13.2 Å². The van der Waals surface area contributed by atoms with Gasteiger partial charge in [-0.25, -0.2) is 0 Å². The van der Waals surface area contributed by atoms with Crippen molar-refractivity contribution in [2.75, 3.05) is 13.7 Å². The Labute approximate surface area is 126 Å². The second kappa shape index (κ2) is 5.65. The van der Waals surface area contributed by atoms with Crippen LogP contribution in [-0.2, 0) is 6.18 Å². The highest BCUT2D eigenvalue weighted by atomic mass is 19.4. The highest BCUT2D eigenvalue weighted by molar-refractivity contribution is 5.67. The number of fused-ring (bicyclic) bond motifs is 1. The third kappa shape index (κ3) is 2.81. The van der Waals surface area contributed by atoms with Gasteiger partial charge in [-0.3, -0.25) is 0 Å². The first-order valence-corrected chi connectivity index (χ1v) is 7.10. The van der Waals surface area contributed by atoms with E-state index in [4.69, 9.17) is 4.74 Å². The highest BCUT2D eigenvalue weighted by Gasteiger charge is 2.30. The molecule has 0 bridgehead atoms. The lowest BCUT2D eigenvalue weighted by atomic mass is 9.96. The maximum atomic E-state index is 12.6. The first kappa shape index (κ1) is 14.9. The molecular formula is C17H16F3NO. The highest BCUT2D eigenvalue weighted by Crippen LogP contribution is 2.36. The molecule has 1 heterocycles. The third-order valence-electron chi connectivity index (χ3n) is 3.95. The van der Waals surface area contributed by atoms with E-state index in [1.54, 1.807) is 0 Å². The van der Waals surface area contributed by atoms with Crippen LogP contribution in [0.15, 0.2) is 42.5 Å². The maximum Gasteiger partial charge on any atom is 0.416 e. The van der Waals surface area contributed by atoms with Gasteiger partial charge in [0, 0.05) is 18.0 Å². The van der Waals surface area contributed by atoms with Gasteiger partial charge in [0.25, 0.3) is 0 Å². The molecule has 1 aliphatic rings. The van der Waals surface area contributed by atoms with E-state index in [1.165, 1.54) is 12.1 Å². The second-order valence-corrected chi connectivity index (χ2v) is 5.31. The average molecular weight is 307 g/mol. The summed E-state index contributed by atoms with van der Waals surface area (Å²) < 4.78 is 43.5. The van der Waals surface area contributed by atoms with Gasteiger partial charge >= 0.3 is 6.18 Å². The Bertz CT molecular complexity index is 665. The quantitative estimate of drug-likeness (QED) is 0.887. The Morgan fingerprint density at radius 1 is 1.05 bits per heavy atom. The first-order valence-electron chi connectivity index (χ1n) is 7.10. The van der Waals surface area contributed by atoms with Crippen molar-refractivity contribution in [3.05, 3.63) is 53.6 Å². The number of nitrogens with one attached hydrogen (secondary N) is 1. The molecular weight excluding hydrogens is 291 g/mol. The zero-order valence-electron chi connectivity index (χ0n) is 12.1. The number of alkyl halides is 3. The topological polar surface area (TPSA) is 21.3 Å². The number of ether oxygens (including phenoxy) is 1. The first-order chi connectivity index (χ1) is 10.5. The summed E-state index contributed by atoms with van der Waals surface area (Å²) in [4.78, 5) is 0. The Kier molecular flexibility index (Phi) is 3.83. The van der Waals surface area contributed by atoms with Gasteiger partial charge in [0.05, 0.1) is 12.2 Å². The molecule has 116 valence electrons. The fraction of sp³-hybridized carbons (Fsp3) is 0.294. The van der Waals surface area contributed by atoms with Crippen LogP contribution in [0.2, 0.25) is 0 Å². The van der Waals surface area contributed by atoms with Crippen molar-refractivity contribution in [2.45, 2.75) is 18.6 Å². The summed E-state index contributed by atoms with van der Waals surface area (Å²) in [6.45, 7) is 0.634. The number of rotatable bonds is 2. The molecule has 2 aromatic rings. The zero-order chi connectivity index (χ0) is 15.7. The minimum absolute atomic E-state index is 0.255. The Morgan fingerprint density at radius 3 is 2.36 bits per heavy atom. The van der Waals surface area contributed by atoms with Gasteiger partial charge in [0.15, 0.2) is 0 Å². The number of halogens is 3. The van der Waals surface area contributed by atoms with E-state index in [2.05, 4.69) is 5.32 Å². The summed E-state index contributed by atoms with van der Waals surface area (Å²) in [6, 6.07) is 11.2. The number of hydrogen-bond acceptors (Lipinski definition) is 2.